The first-order valence-corrected chi connectivity index (χ1v) is 11.0. The Kier molecular flexibility index (Phi) is 5.69. The van der Waals surface area contributed by atoms with E-state index in [4.69, 9.17) is 4.98 Å². The molecule has 0 saturated carbocycles. The summed E-state index contributed by atoms with van der Waals surface area (Å²) < 4.78 is 40.2. The normalized spacial score (nSPS) is 16.2. The number of hydrogen-bond acceptors (Lipinski definition) is 4. The highest BCUT2D eigenvalue weighted by atomic mass is 19.4. The lowest BCUT2D eigenvalue weighted by Crippen LogP contribution is -2.40. The maximum absolute atomic E-state index is 13.8. The number of alkyl halides is 3. The molecule has 1 N–H and O–H groups in total. The first kappa shape index (κ1) is 21.9. The van der Waals surface area contributed by atoms with Gasteiger partial charge in [-0.3, -0.25) is 9.20 Å². The molecule has 0 aliphatic carbocycles. The maximum atomic E-state index is 13.8. The molecule has 1 atom stereocenters. The largest absolute Gasteiger partial charge is 0.417 e. The number of benzene rings is 1. The Morgan fingerprint density at radius 3 is 2.59 bits per heavy atom. The number of amides is 1. The fourth-order valence-corrected chi connectivity index (χ4v) is 4.34. The van der Waals surface area contributed by atoms with E-state index in [0.29, 0.717) is 35.9 Å². The zero-order chi connectivity index (χ0) is 23.7. The van der Waals surface area contributed by atoms with E-state index in [1.807, 2.05) is 64.0 Å². The Bertz CT molecular complexity index is 1300. The number of likely N-dealkylation sites (tertiary alicyclic amines) is 1. The zero-order valence-electron chi connectivity index (χ0n) is 18.2. The van der Waals surface area contributed by atoms with Gasteiger partial charge in [0.2, 0.25) is 0 Å². The minimum Gasteiger partial charge on any atom is -0.368 e. The quantitative estimate of drug-likeness (QED) is 0.444. The summed E-state index contributed by atoms with van der Waals surface area (Å²) in [6.45, 7) is 0.988. The summed E-state index contributed by atoms with van der Waals surface area (Å²) in [4.78, 5) is 24.2. The van der Waals surface area contributed by atoms with Crippen LogP contribution in [0.1, 0.15) is 28.9 Å². The van der Waals surface area contributed by atoms with Gasteiger partial charge in [-0.2, -0.15) is 13.2 Å². The number of anilines is 1. The molecule has 0 radical (unpaired) electrons. The summed E-state index contributed by atoms with van der Waals surface area (Å²) in [6.07, 6.45) is -0.153. The zero-order valence-corrected chi connectivity index (χ0v) is 18.2. The average Bonchev–Trinajstić information content (AvgIpc) is 3.47. The van der Waals surface area contributed by atoms with E-state index in [2.05, 4.69) is 10.3 Å². The number of carbonyl (C=O) groups excluding carboxylic acids is 1. The van der Waals surface area contributed by atoms with Gasteiger partial charge in [0.15, 0.2) is 0 Å². The monoisotopic (exact) mass is 465 g/mol. The Morgan fingerprint density at radius 2 is 1.85 bits per heavy atom. The fourth-order valence-electron chi connectivity index (χ4n) is 4.34. The molecule has 34 heavy (non-hydrogen) atoms. The van der Waals surface area contributed by atoms with Gasteiger partial charge in [0.1, 0.15) is 22.9 Å². The van der Waals surface area contributed by atoms with Crippen LogP contribution in [0.5, 0.6) is 0 Å². The van der Waals surface area contributed by atoms with Crippen LogP contribution >= 0.6 is 0 Å². The Morgan fingerprint density at radius 1 is 1.06 bits per heavy atom. The summed E-state index contributed by atoms with van der Waals surface area (Å²) in [5.74, 6) is 0.217. The van der Waals surface area contributed by atoms with Crippen LogP contribution in [0.4, 0.5) is 19.0 Å². The third-order valence-corrected chi connectivity index (χ3v) is 6.03. The van der Waals surface area contributed by atoms with Gasteiger partial charge in [0, 0.05) is 37.1 Å². The lowest BCUT2D eigenvalue weighted by Gasteiger charge is -2.25. The number of carbonyl (C=O) groups is 1. The van der Waals surface area contributed by atoms with Crippen LogP contribution in [0, 0.1) is 0 Å². The third kappa shape index (κ3) is 4.21. The molecular weight excluding hydrogens is 443 g/mol. The van der Waals surface area contributed by atoms with E-state index in [-0.39, 0.29) is 11.9 Å². The highest BCUT2D eigenvalue weighted by Crippen LogP contribution is 2.30. The van der Waals surface area contributed by atoms with E-state index in [1.165, 1.54) is 6.07 Å². The molecule has 1 saturated heterocycles. The second-order valence-corrected chi connectivity index (χ2v) is 8.21. The molecule has 5 rings (SSSR count). The molecule has 1 aliphatic rings. The first-order valence-electron chi connectivity index (χ1n) is 11.0. The van der Waals surface area contributed by atoms with Gasteiger partial charge in [-0.25, -0.2) is 9.97 Å². The van der Waals surface area contributed by atoms with Crippen molar-refractivity contribution in [2.24, 2.45) is 0 Å². The van der Waals surface area contributed by atoms with Crippen molar-refractivity contribution in [1.82, 2.24) is 19.3 Å². The number of imidazole rings is 1. The Balaban J connectivity index is 1.39. The van der Waals surface area contributed by atoms with E-state index in [1.54, 1.807) is 0 Å². The van der Waals surface area contributed by atoms with Gasteiger partial charge in [0.05, 0.1) is 5.56 Å². The smallest absolute Gasteiger partial charge is 0.368 e. The maximum Gasteiger partial charge on any atom is 0.417 e. The van der Waals surface area contributed by atoms with Gasteiger partial charge in [-0.1, -0.05) is 36.4 Å². The number of fused-ring (bicyclic) bond motifs is 1. The van der Waals surface area contributed by atoms with Crippen LogP contribution in [0.2, 0.25) is 0 Å². The molecule has 1 amide bonds. The van der Waals surface area contributed by atoms with E-state index in [9.17, 15) is 18.0 Å². The summed E-state index contributed by atoms with van der Waals surface area (Å²) >= 11 is 0. The topological polar surface area (TPSA) is 62.5 Å². The number of aromatic nitrogens is 3. The van der Waals surface area contributed by atoms with E-state index >= 15 is 0 Å². The van der Waals surface area contributed by atoms with E-state index in [0.717, 1.165) is 30.7 Å². The number of halogens is 3. The minimum atomic E-state index is -4.43. The van der Waals surface area contributed by atoms with Gasteiger partial charge in [-0.05, 0) is 37.1 Å². The van der Waals surface area contributed by atoms with Gasteiger partial charge >= 0.3 is 6.18 Å². The summed E-state index contributed by atoms with van der Waals surface area (Å²) in [5, 5.41) is 3.08. The molecular formula is C25H22F3N5O. The molecule has 1 fully saturated rings. The van der Waals surface area contributed by atoms with Crippen LogP contribution < -0.4 is 5.32 Å². The standard InChI is InChI=1S/C25H22F3N5O/c26-25(27,28)18-11-12-20(29-15-18)30-16-19-9-6-14-32(19)24(34)23-22(17-7-2-1-3-8-17)31-21-10-4-5-13-33(21)23/h1-5,7-8,10-13,15,19H,6,9,14,16H2,(H,29,30)/t19-/m0/s1. The lowest BCUT2D eigenvalue weighted by molar-refractivity contribution is -0.137. The molecule has 1 aliphatic heterocycles. The number of pyridine rings is 2. The van der Waals surface area contributed by atoms with Crippen LogP contribution in [-0.2, 0) is 6.18 Å². The van der Waals surface area contributed by atoms with Crippen molar-refractivity contribution in [2.75, 3.05) is 18.4 Å². The molecule has 4 heterocycles. The third-order valence-electron chi connectivity index (χ3n) is 6.03. The van der Waals surface area contributed by atoms with Crippen molar-refractivity contribution >= 4 is 17.4 Å². The number of nitrogens with zero attached hydrogens (tertiary/aromatic N) is 4. The predicted molar refractivity (Wildman–Crippen MR) is 122 cm³/mol. The minimum absolute atomic E-state index is 0.116. The molecule has 6 nitrogen and oxygen atoms in total. The molecule has 3 aromatic heterocycles. The SMILES string of the molecule is O=C(c1c(-c2ccccc2)nc2ccccn12)N1CCC[C@H]1CNc1ccc(C(F)(F)F)cn1. The number of rotatable bonds is 5. The van der Waals surface area contributed by atoms with Crippen molar-refractivity contribution < 1.29 is 18.0 Å². The average molecular weight is 465 g/mol. The van der Waals surface area contributed by atoms with Gasteiger partial charge in [0.25, 0.3) is 5.91 Å². The summed E-state index contributed by atoms with van der Waals surface area (Å²) in [6, 6.07) is 17.4. The molecule has 0 bridgehead atoms. The molecule has 1 aromatic carbocycles. The van der Waals surface area contributed by atoms with Crippen LogP contribution in [-0.4, -0.2) is 44.3 Å². The van der Waals surface area contributed by atoms with Crippen molar-refractivity contribution in [3.8, 4) is 11.3 Å². The Labute approximate surface area is 194 Å². The second kappa shape index (κ2) is 8.81. The van der Waals surface area contributed by atoms with E-state index < -0.39 is 11.7 Å². The number of hydrogen-bond donors (Lipinski definition) is 1. The first-order chi connectivity index (χ1) is 16.4. The summed E-state index contributed by atoms with van der Waals surface area (Å²) in [7, 11) is 0. The van der Waals surface area contributed by atoms with Crippen molar-refractivity contribution in [3.63, 3.8) is 0 Å². The fraction of sp³-hybridized carbons (Fsp3) is 0.240. The molecule has 4 aromatic rings. The van der Waals surface area contributed by atoms with Gasteiger partial charge < -0.3 is 10.2 Å². The molecule has 0 spiro atoms. The van der Waals surface area contributed by atoms with Crippen molar-refractivity contribution in [3.05, 3.63) is 84.3 Å². The second-order valence-electron chi connectivity index (χ2n) is 8.21. The number of nitrogens with one attached hydrogen (secondary N) is 1. The lowest BCUT2D eigenvalue weighted by atomic mass is 10.1. The predicted octanol–water partition coefficient (Wildman–Crippen LogP) is 5.13. The van der Waals surface area contributed by atoms with Crippen LogP contribution in [0.25, 0.3) is 16.9 Å². The molecule has 9 heteroatoms. The van der Waals surface area contributed by atoms with Crippen molar-refractivity contribution in [1.29, 1.82) is 0 Å². The molecule has 174 valence electrons. The van der Waals surface area contributed by atoms with Crippen LogP contribution in [0.3, 0.4) is 0 Å². The Hall–Kier alpha value is -3.88. The molecule has 0 unspecified atom stereocenters. The van der Waals surface area contributed by atoms with Crippen molar-refractivity contribution in [2.45, 2.75) is 25.1 Å². The summed E-state index contributed by atoms with van der Waals surface area (Å²) in [5.41, 5.74) is 1.88. The highest BCUT2D eigenvalue weighted by molar-refractivity contribution is 6.00. The van der Waals surface area contributed by atoms with Gasteiger partial charge in [-0.15, -0.1) is 0 Å². The highest BCUT2D eigenvalue weighted by Gasteiger charge is 2.33. The van der Waals surface area contributed by atoms with Crippen LogP contribution in [0.15, 0.2) is 73.1 Å².